The van der Waals surface area contributed by atoms with E-state index in [9.17, 15) is 31.1 Å². The second kappa shape index (κ2) is 5.08. The van der Waals surface area contributed by atoms with Gasteiger partial charge in [-0.05, 0) is 0 Å². The number of carboxylic acids is 1. The topological polar surface area (TPSA) is 50.2 Å². The van der Waals surface area contributed by atoms with Gasteiger partial charge in [0.2, 0.25) is 5.82 Å². The maximum absolute atomic E-state index is 13.6. The normalized spacial score (nSPS) is 10.8. The van der Waals surface area contributed by atoms with Crippen molar-refractivity contribution < 1.29 is 36.2 Å². The molecule has 0 fully saturated rings. The second-order valence-corrected chi connectivity index (χ2v) is 3.79. The van der Waals surface area contributed by atoms with Crippen molar-refractivity contribution in [2.75, 3.05) is 0 Å². The van der Waals surface area contributed by atoms with Gasteiger partial charge < -0.3 is 5.11 Å². The fourth-order valence-corrected chi connectivity index (χ4v) is 1.68. The number of halogens is 6. The number of benzene rings is 1. The summed E-state index contributed by atoms with van der Waals surface area (Å²) in [5.74, 6) is -14.9. The first-order chi connectivity index (χ1) is 9.77. The molecule has 0 unspecified atom stereocenters. The minimum absolute atomic E-state index is 0.430. The number of aromatic nitrogens is 1. The average Bonchev–Trinajstić information content (AvgIpc) is 2.43. The third kappa shape index (κ3) is 2.20. The molecular formula is C12H3F6NO2. The van der Waals surface area contributed by atoms with E-state index in [0.717, 1.165) is 0 Å². The number of hydrogen-bond donors (Lipinski definition) is 1. The third-order valence-electron chi connectivity index (χ3n) is 2.59. The molecule has 21 heavy (non-hydrogen) atoms. The van der Waals surface area contributed by atoms with Gasteiger partial charge >= 0.3 is 5.97 Å². The van der Waals surface area contributed by atoms with Gasteiger partial charge in [-0.3, -0.25) is 4.98 Å². The fraction of sp³-hybridized carbons (Fsp3) is 0. The van der Waals surface area contributed by atoms with E-state index in [-0.39, 0.29) is 0 Å². The van der Waals surface area contributed by atoms with Crippen LogP contribution in [0.4, 0.5) is 26.3 Å². The Kier molecular flexibility index (Phi) is 3.58. The number of carboxylic acid groups (broad SMARTS) is 1. The number of aromatic carboxylic acids is 1. The van der Waals surface area contributed by atoms with Crippen LogP contribution in [0.1, 0.15) is 10.4 Å². The first kappa shape index (κ1) is 14.8. The lowest BCUT2D eigenvalue weighted by Gasteiger charge is -2.10. The Morgan fingerprint density at radius 3 is 1.81 bits per heavy atom. The van der Waals surface area contributed by atoms with Crippen LogP contribution in [-0.4, -0.2) is 16.1 Å². The summed E-state index contributed by atoms with van der Waals surface area (Å²) < 4.78 is 79.7. The molecule has 1 aromatic heterocycles. The van der Waals surface area contributed by atoms with Crippen molar-refractivity contribution in [2.45, 2.75) is 0 Å². The first-order valence-corrected chi connectivity index (χ1v) is 5.16. The molecule has 0 radical (unpaired) electrons. The summed E-state index contributed by atoms with van der Waals surface area (Å²) in [6.45, 7) is 0. The third-order valence-corrected chi connectivity index (χ3v) is 2.59. The molecule has 110 valence electrons. The van der Waals surface area contributed by atoms with Gasteiger partial charge in [0.1, 0.15) is 5.56 Å². The van der Waals surface area contributed by atoms with Crippen molar-refractivity contribution in [3.05, 3.63) is 52.9 Å². The van der Waals surface area contributed by atoms with Gasteiger partial charge in [0.05, 0.1) is 11.8 Å². The van der Waals surface area contributed by atoms with E-state index < -0.39 is 57.6 Å². The Morgan fingerprint density at radius 1 is 0.857 bits per heavy atom. The van der Waals surface area contributed by atoms with Crippen LogP contribution in [-0.2, 0) is 0 Å². The number of rotatable bonds is 2. The van der Waals surface area contributed by atoms with Crippen molar-refractivity contribution in [1.82, 2.24) is 4.98 Å². The van der Waals surface area contributed by atoms with E-state index in [0.29, 0.717) is 12.4 Å². The van der Waals surface area contributed by atoms with Crippen LogP contribution in [0.2, 0.25) is 0 Å². The quantitative estimate of drug-likeness (QED) is 0.526. The maximum atomic E-state index is 13.6. The van der Waals surface area contributed by atoms with E-state index in [4.69, 9.17) is 5.11 Å². The van der Waals surface area contributed by atoms with Gasteiger partial charge in [0.15, 0.2) is 29.1 Å². The minimum Gasteiger partial charge on any atom is -0.478 e. The van der Waals surface area contributed by atoms with Crippen LogP contribution in [0.25, 0.3) is 11.1 Å². The molecule has 1 N–H and O–H groups in total. The molecule has 0 aliphatic carbocycles. The van der Waals surface area contributed by atoms with Crippen molar-refractivity contribution in [1.29, 1.82) is 0 Å². The standard InChI is InChI=1S/C12H3F6NO2/c13-4-2-19-1-3(5(4)12(20)21)6-7(14)9(16)11(18)10(17)8(6)15/h1-2H,(H,20,21). The van der Waals surface area contributed by atoms with E-state index in [1.165, 1.54) is 0 Å². The van der Waals surface area contributed by atoms with Crippen LogP contribution in [0.5, 0.6) is 0 Å². The Morgan fingerprint density at radius 2 is 1.33 bits per heavy atom. The zero-order chi connectivity index (χ0) is 15.9. The highest BCUT2D eigenvalue weighted by Gasteiger charge is 2.30. The first-order valence-electron chi connectivity index (χ1n) is 5.16. The van der Waals surface area contributed by atoms with Crippen molar-refractivity contribution in [2.24, 2.45) is 0 Å². The minimum atomic E-state index is -2.41. The summed E-state index contributed by atoms with van der Waals surface area (Å²) in [5.41, 5.74) is -3.88. The lowest BCUT2D eigenvalue weighted by Crippen LogP contribution is -2.09. The molecule has 9 heteroatoms. The molecule has 2 rings (SSSR count). The molecule has 0 amide bonds. The molecule has 1 heterocycles. The lowest BCUT2D eigenvalue weighted by atomic mass is 10.00. The highest BCUT2D eigenvalue weighted by atomic mass is 19.2. The van der Waals surface area contributed by atoms with Crippen LogP contribution < -0.4 is 0 Å². The van der Waals surface area contributed by atoms with Crippen molar-refractivity contribution in [3.8, 4) is 11.1 Å². The Labute approximate surface area is 112 Å². The van der Waals surface area contributed by atoms with E-state index in [2.05, 4.69) is 4.98 Å². The van der Waals surface area contributed by atoms with Gasteiger partial charge in [0, 0.05) is 11.8 Å². The molecule has 2 aromatic rings. The SMILES string of the molecule is O=C(O)c1c(F)cncc1-c1c(F)c(F)c(F)c(F)c1F. The van der Waals surface area contributed by atoms with E-state index in [1.807, 2.05) is 0 Å². The largest absolute Gasteiger partial charge is 0.478 e. The van der Waals surface area contributed by atoms with Crippen LogP contribution in [0, 0.1) is 34.9 Å². The number of nitrogens with zero attached hydrogens (tertiary/aromatic N) is 1. The van der Waals surface area contributed by atoms with Gasteiger partial charge in [-0.2, -0.15) is 0 Å². The van der Waals surface area contributed by atoms with Crippen LogP contribution in [0.3, 0.4) is 0 Å². The van der Waals surface area contributed by atoms with Gasteiger partial charge in [-0.15, -0.1) is 0 Å². The average molecular weight is 307 g/mol. The van der Waals surface area contributed by atoms with Crippen molar-refractivity contribution in [3.63, 3.8) is 0 Å². The smallest absolute Gasteiger partial charge is 0.339 e. The molecule has 0 aliphatic heterocycles. The molecule has 0 saturated carbocycles. The number of carbonyl (C=O) groups is 1. The molecule has 0 spiro atoms. The summed E-state index contributed by atoms with van der Waals surface area (Å²) in [4.78, 5) is 14.1. The molecule has 1 aromatic carbocycles. The number of pyridine rings is 1. The van der Waals surface area contributed by atoms with Gasteiger partial charge in [-0.1, -0.05) is 0 Å². The zero-order valence-electron chi connectivity index (χ0n) is 9.73. The Hall–Kier alpha value is -2.58. The highest BCUT2D eigenvalue weighted by molar-refractivity contribution is 5.96. The predicted molar refractivity (Wildman–Crippen MR) is 56.4 cm³/mol. The molecule has 0 aliphatic rings. The second-order valence-electron chi connectivity index (χ2n) is 3.79. The molecule has 0 atom stereocenters. The van der Waals surface area contributed by atoms with E-state index >= 15 is 0 Å². The predicted octanol–water partition coefficient (Wildman–Crippen LogP) is 3.28. The fourth-order valence-electron chi connectivity index (χ4n) is 1.68. The Balaban J connectivity index is 2.93. The molecule has 0 bridgehead atoms. The lowest BCUT2D eigenvalue weighted by molar-refractivity contribution is 0.0692. The summed E-state index contributed by atoms with van der Waals surface area (Å²) >= 11 is 0. The molecule has 3 nitrogen and oxygen atoms in total. The molecule has 0 saturated heterocycles. The summed E-state index contributed by atoms with van der Waals surface area (Å²) in [5, 5.41) is 8.81. The monoisotopic (exact) mass is 307 g/mol. The highest BCUT2D eigenvalue weighted by Crippen LogP contribution is 2.33. The van der Waals surface area contributed by atoms with Gasteiger partial charge in [0.25, 0.3) is 0 Å². The Bertz CT molecular complexity index is 733. The van der Waals surface area contributed by atoms with Gasteiger partial charge in [-0.25, -0.2) is 31.1 Å². The maximum Gasteiger partial charge on any atom is 0.339 e. The molecular weight excluding hydrogens is 304 g/mol. The van der Waals surface area contributed by atoms with Crippen molar-refractivity contribution >= 4 is 5.97 Å². The zero-order valence-corrected chi connectivity index (χ0v) is 9.73. The van der Waals surface area contributed by atoms with E-state index in [1.54, 1.807) is 0 Å². The number of hydrogen-bond acceptors (Lipinski definition) is 2. The summed E-state index contributed by atoms with van der Waals surface area (Å²) in [6, 6.07) is 0. The summed E-state index contributed by atoms with van der Waals surface area (Å²) in [6.07, 6.45) is 0.920. The summed E-state index contributed by atoms with van der Waals surface area (Å²) in [7, 11) is 0. The van der Waals surface area contributed by atoms with Crippen LogP contribution in [0.15, 0.2) is 12.4 Å². The van der Waals surface area contributed by atoms with Crippen LogP contribution >= 0.6 is 0 Å².